The lowest BCUT2D eigenvalue weighted by molar-refractivity contribution is -0.139. The van der Waals surface area contributed by atoms with E-state index in [2.05, 4.69) is 11.4 Å². The lowest BCUT2D eigenvalue weighted by Gasteiger charge is -2.26. The van der Waals surface area contributed by atoms with E-state index in [0.29, 0.717) is 13.1 Å². The SMILES string of the molecule is CCN(CC(=O)NCc1ccc(F)cc1)C(=O)C1CC=CCC1. The van der Waals surface area contributed by atoms with Crippen molar-refractivity contribution >= 4 is 11.8 Å². The third-order valence-electron chi connectivity index (χ3n) is 4.05. The van der Waals surface area contributed by atoms with Crippen molar-refractivity contribution in [2.75, 3.05) is 13.1 Å². The molecule has 1 unspecified atom stereocenters. The molecule has 0 saturated carbocycles. The first kappa shape index (κ1) is 17.2. The molecule has 1 N–H and O–H groups in total. The van der Waals surface area contributed by atoms with Crippen LogP contribution in [0.2, 0.25) is 0 Å². The molecule has 0 saturated heterocycles. The molecule has 0 radical (unpaired) electrons. The van der Waals surface area contributed by atoms with Gasteiger partial charge in [-0.1, -0.05) is 24.3 Å². The standard InChI is InChI=1S/C18H23FN2O2/c1-2-21(18(23)15-6-4-3-5-7-15)13-17(22)20-12-14-8-10-16(19)11-9-14/h3-4,8-11,15H,2,5-7,12-13H2,1H3,(H,20,22). The molecule has 2 rings (SSSR count). The van der Waals surface area contributed by atoms with E-state index in [1.165, 1.54) is 12.1 Å². The van der Waals surface area contributed by atoms with E-state index in [1.807, 2.05) is 13.0 Å². The summed E-state index contributed by atoms with van der Waals surface area (Å²) in [6, 6.07) is 5.99. The molecule has 0 spiro atoms. The van der Waals surface area contributed by atoms with Crippen molar-refractivity contribution in [1.29, 1.82) is 0 Å². The monoisotopic (exact) mass is 318 g/mol. The Morgan fingerprint density at radius 1 is 1.26 bits per heavy atom. The number of nitrogens with zero attached hydrogens (tertiary/aromatic N) is 1. The van der Waals surface area contributed by atoms with Gasteiger partial charge in [-0.05, 0) is 43.9 Å². The number of allylic oxidation sites excluding steroid dienone is 2. The quantitative estimate of drug-likeness (QED) is 0.820. The largest absolute Gasteiger partial charge is 0.350 e. The summed E-state index contributed by atoms with van der Waals surface area (Å²) in [5, 5.41) is 2.77. The molecule has 23 heavy (non-hydrogen) atoms. The molecular weight excluding hydrogens is 295 g/mol. The smallest absolute Gasteiger partial charge is 0.239 e. The molecule has 4 nitrogen and oxygen atoms in total. The summed E-state index contributed by atoms with van der Waals surface area (Å²) in [4.78, 5) is 26.1. The van der Waals surface area contributed by atoms with Crippen molar-refractivity contribution in [2.45, 2.75) is 32.7 Å². The maximum atomic E-state index is 12.8. The third-order valence-corrected chi connectivity index (χ3v) is 4.05. The molecule has 1 atom stereocenters. The number of hydrogen-bond donors (Lipinski definition) is 1. The van der Waals surface area contributed by atoms with E-state index in [9.17, 15) is 14.0 Å². The molecule has 1 aromatic carbocycles. The highest BCUT2D eigenvalue weighted by atomic mass is 19.1. The van der Waals surface area contributed by atoms with Gasteiger partial charge in [-0.15, -0.1) is 0 Å². The number of benzene rings is 1. The Morgan fingerprint density at radius 2 is 2.00 bits per heavy atom. The molecule has 1 aromatic rings. The van der Waals surface area contributed by atoms with E-state index in [4.69, 9.17) is 0 Å². The molecule has 0 aromatic heterocycles. The van der Waals surface area contributed by atoms with Crippen LogP contribution in [-0.4, -0.2) is 29.8 Å². The van der Waals surface area contributed by atoms with Crippen LogP contribution < -0.4 is 5.32 Å². The van der Waals surface area contributed by atoms with E-state index in [1.54, 1.807) is 17.0 Å². The molecule has 1 aliphatic rings. The highest BCUT2D eigenvalue weighted by molar-refractivity contribution is 5.86. The Hall–Kier alpha value is -2.17. The number of amides is 2. The fourth-order valence-corrected chi connectivity index (χ4v) is 2.65. The summed E-state index contributed by atoms with van der Waals surface area (Å²) in [5.41, 5.74) is 0.826. The Labute approximate surface area is 136 Å². The lowest BCUT2D eigenvalue weighted by atomic mass is 9.93. The van der Waals surface area contributed by atoms with E-state index in [-0.39, 0.29) is 30.1 Å². The average Bonchev–Trinajstić information content (AvgIpc) is 2.59. The van der Waals surface area contributed by atoms with Crippen LogP contribution in [0.15, 0.2) is 36.4 Å². The van der Waals surface area contributed by atoms with Gasteiger partial charge in [0.15, 0.2) is 0 Å². The van der Waals surface area contributed by atoms with Crippen molar-refractivity contribution < 1.29 is 14.0 Å². The van der Waals surface area contributed by atoms with Gasteiger partial charge in [0.05, 0.1) is 6.54 Å². The second kappa shape index (κ2) is 8.46. The normalized spacial score (nSPS) is 16.9. The second-order valence-corrected chi connectivity index (χ2v) is 5.74. The maximum Gasteiger partial charge on any atom is 0.239 e. The first-order chi connectivity index (χ1) is 11.1. The number of hydrogen-bond acceptors (Lipinski definition) is 2. The molecule has 5 heteroatoms. The summed E-state index contributed by atoms with van der Waals surface area (Å²) in [6.45, 7) is 2.79. The lowest BCUT2D eigenvalue weighted by Crippen LogP contribution is -2.43. The van der Waals surface area contributed by atoms with Gasteiger partial charge < -0.3 is 10.2 Å². The summed E-state index contributed by atoms with van der Waals surface area (Å²) in [7, 11) is 0. The maximum absolute atomic E-state index is 12.8. The average molecular weight is 318 g/mol. The van der Waals surface area contributed by atoms with Gasteiger partial charge in [-0.3, -0.25) is 9.59 Å². The molecule has 2 amide bonds. The Morgan fingerprint density at radius 3 is 2.61 bits per heavy atom. The Kier molecular flexibility index (Phi) is 6.32. The van der Waals surface area contributed by atoms with Gasteiger partial charge in [0.1, 0.15) is 5.82 Å². The number of rotatable bonds is 6. The van der Waals surface area contributed by atoms with Crippen molar-refractivity contribution in [3.05, 3.63) is 47.8 Å². The van der Waals surface area contributed by atoms with Gasteiger partial charge in [0.2, 0.25) is 11.8 Å². The number of carbonyl (C=O) groups is 2. The minimum absolute atomic E-state index is 0.00940. The van der Waals surface area contributed by atoms with Crippen LogP contribution in [0.4, 0.5) is 4.39 Å². The summed E-state index contributed by atoms with van der Waals surface area (Å²) >= 11 is 0. The van der Waals surface area contributed by atoms with Crippen LogP contribution in [0.3, 0.4) is 0 Å². The van der Waals surface area contributed by atoms with Crippen molar-refractivity contribution in [3.8, 4) is 0 Å². The number of nitrogens with one attached hydrogen (secondary N) is 1. The van der Waals surface area contributed by atoms with Crippen LogP contribution in [0.1, 0.15) is 31.7 Å². The summed E-state index contributed by atoms with van der Waals surface area (Å²) < 4.78 is 12.8. The van der Waals surface area contributed by atoms with Gasteiger partial charge in [0, 0.05) is 19.0 Å². The fraction of sp³-hybridized carbons (Fsp3) is 0.444. The molecular formula is C18H23FN2O2. The Bertz CT molecular complexity index is 569. The van der Waals surface area contributed by atoms with Crippen molar-refractivity contribution in [3.63, 3.8) is 0 Å². The molecule has 0 bridgehead atoms. The molecule has 124 valence electrons. The zero-order valence-corrected chi connectivity index (χ0v) is 13.4. The number of likely N-dealkylation sites (N-methyl/N-ethyl adjacent to an activating group) is 1. The van der Waals surface area contributed by atoms with Crippen LogP contribution >= 0.6 is 0 Å². The number of halogens is 1. The van der Waals surface area contributed by atoms with Crippen molar-refractivity contribution in [1.82, 2.24) is 10.2 Å². The van der Waals surface area contributed by atoms with Crippen LogP contribution in [-0.2, 0) is 16.1 Å². The molecule has 0 fully saturated rings. The molecule has 1 aliphatic carbocycles. The summed E-state index contributed by atoms with van der Waals surface area (Å²) in [6.07, 6.45) is 6.66. The zero-order valence-electron chi connectivity index (χ0n) is 13.4. The second-order valence-electron chi connectivity index (χ2n) is 5.74. The third kappa shape index (κ3) is 5.20. The first-order valence-corrected chi connectivity index (χ1v) is 8.05. The minimum atomic E-state index is -0.302. The van der Waals surface area contributed by atoms with Gasteiger partial charge >= 0.3 is 0 Å². The van der Waals surface area contributed by atoms with Crippen LogP contribution in [0.5, 0.6) is 0 Å². The van der Waals surface area contributed by atoms with Crippen LogP contribution in [0.25, 0.3) is 0 Å². The summed E-state index contributed by atoms with van der Waals surface area (Å²) in [5.74, 6) is -0.459. The number of carbonyl (C=O) groups excluding carboxylic acids is 2. The van der Waals surface area contributed by atoms with E-state index < -0.39 is 0 Å². The predicted octanol–water partition coefficient (Wildman–Crippen LogP) is 2.65. The highest BCUT2D eigenvalue weighted by Crippen LogP contribution is 2.20. The van der Waals surface area contributed by atoms with Gasteiger partial charge in [-0.2, -0.15) is 0 Å². The fourth-order valence-electron chi connectivity index (χ4n) is 2.65. The zero-order chi connectivity index (χ0) is 16.7. The van der Waals surface area contributed by atoms with Crippen molar-refractivity contribution in [2.24, 2.45) is 5.92 Å². The topological polar surface area (TPSA) is 49.4 Å². The van der Waals surface area contributed by atoms with E-state index >= 15 is 0 Å². The van der Waals surface area contributed by atoms with E-state index in [0.717, 1.165) is 24.8 Å². The Balaban J connectivity index is 1.83. The van der Waals surface area contributed by atoms with Gasteiger partial charge in [-0.25, -0.2) is 4.39 Å². The first-order valence-electron chi connectivity index (χ1n) is 8.05. The highest BCUT2D eigenvalue weighted by Gasteiger charge is 2.24. The molecule has 0 heterocycles. The molecule has 0 aliphatic heterocycles. The minimum Gasteiger partial charge on any atom is -0.350 e. The van der Waals surface area contributed by atoms with Crippen LogP contribution in [0, 0.1) is 11.7 Å². The van der Waals surface area contributed by atoms with Gasteiger partial charge in [0.25, 0.3) is 0 Å². The predicted molar refractivity (Wildman–Crippen MR) is 87.0 cm³/mol.